The van der Waals surface area contributed by atoms with Crippen LogP contribution in [-0.4, -0.2) is 23.4 Å². The Labute approximate surface area is 126 Å². The Morgan fingerprint density at radius 2 is 2.05 bits per heavy atom. The molecule has 0 bridgehead atoms. The van der Waals surface area contributed by atoms with E-state index in [1.165, 1.54) is 19.3 Å². The lowest BCUT2D eigenvalue weighted by Gasteiger charge is -2.13. The molecule has 0 aliphatic rings. The molecule has 0 radical (unpaired) electrons. The molecule has 3 nitrogen and oxygen atoms in total. The molecule has 2 aromatic rings. The molecule has 1 aromatic heterocycles. The normalized spacial score (nSPS) is 12.5. The number of hydrogen-bond acceptors (Lipinski definition) is 3. The number of fused-ring (bicyclic) bond motifs is 1. The number of hydrogen-bond donors (Lipinski definition) is 1. The van der Waals surface area contributed by atoms with Crippen LogP contribution < -0.4 is 5.32 Å². The number of rotatable bonds is 8. The average Bonchev–Trinajstić information content (AvgIpc) is 2.53. The largest absolute Gasteiger partial charge is 0.307 e. The maximum Gasteiger partial charge on any atom is 0.181 e. The van der Waals surface area contributed by atoms with Gasteiger partial charge >= 0.3 is 0 Å². The number of nitrogens with one attached hydrogen (secondary N) is 1. The van der Waals surface area contributed by atoms with Gasteiger partial charge in [0.05, 0.1) is 11.6 Å². The van der Waals surface area contributed by atoms with Crippen molar-refractivity contribution >= 4 is 16.7 Å². The number of ketones is 1. The maximum absolute atomic E-state index is 12.4. The van der Waals surface area contributed by atoms with E-state index in [4.69, 9.17) is 0 Å². The van der Waals surface area contributed by atoms with E-state index in [0.29, 0.717) is 5.56 Å². The van der Waals surface area contributed by atoms with E-state index in [1.807, 2.05) is 37.3 Å². The molecule has 21 heavy (non-hydrogen) atoms. The molecule has 1 atom stereocenters. The van der Waals surface area contributed by atoms with Gasteiger partial charge in [0.1, 0.15) is 0 Å². The van der Waals surface area contributed by atoms with E-state index in [0.717, 1.165) is 23.9 Å². The molecule has 112 valence electrons. The van der Waals surface area contributed by atoms with Gasteiger partial charge in [0.15, 0.2) is 5.78 Å². The molecule has 1 heterocycles. The number of pyridine rings is 1. The van der Waals surface area contributed by atoms with Crippen molar-refractivity contribution in [2.45, 2.75) is 45.6 Å². The van der Waals surface area contributed by atoms with Crippen LogP contribution >= 0.6 is 0 Å². The number of benzene rings is 1. The molecule has 0 fully saturated rings. The minimum Gasteiger partial charge on any atom is -0.307 e. The van der Waals surface area contributed by atoms with Crippen LogP contribution in [0.2, 0.25) is 0 Å². The summed E-state index contributed by atoms with van der Waals surface area (Å²) in [5.41, 5.74) is 1.61. The van der Waals surface area contributed by atoms with Crippen LogP contribution in [0.1, 0.15) is 49.9 Å². The smallest absolute Gasteiger partial charge is 0.181 e. The number of nitrogens with zero attached hydrogens (tertiary/aromatic N) is 1. The number of para-hydroxylation sites is 1. The molecule has 1 unspecified atom stereocenters. The van der Waals surface area contributed by atoms with E-state index in [1.54, 1.807) is 6.20 Å². The molecular formula is C18H24N2O. The first-order chi connectivity index (χ1) is 10.2. The summed E-state index contributed by atoms with van der Waals surface area (Å²) in [4.78, 5) is 16.8. The van der Waals surface area contributed by atoms with Crippen molar-refractivity contribution in [3.05, 3.63) is 42.1 Å². The van der Waals surface area contributed by atoms with Crippen LogP contribution in [0.5, 0.6) is 0 Å². The van der Waals surface area contributed by atoms with Gasteiger partial charge in [-0.2, -0.15) is 0 Å². The minimum atomic E-state index is -0.158. The van der Waals surface area contributed by atoms with Gasteiger partial charge < -0.3 is 5.32 Å². The highest BCUT2D eigenvalue weighted by atomic mass is 16.1. The zero-order valence-electron chi connectivity index (χ0n) is 12.9. The molecule has 0 spiro atoms. The fourth-order valence-corrected chi connectivity index (χ4v) is 2.42. The molecule has 3 heteroatoms. The second kappa shape index (κ2) is 7.89. The third kappa shape index (κ3) is 4.36. The summed E-state index contributed by atoms with van der Waals surface area (Å²) in [6.07, 6.45) is 6.53. The molecule has 0 amide bonds. The van der Waals surface area contributed by atoms with Gasteiger partial charge in [-0.05, 0) is 32.0 Å². The topological polar surface area (TPSA) is 42.0 Å². The summed E-state index contributed by atoms with van der Waals surface area (Å²) in [5.74, 6) is 0.115. The van der Waals surface area contributed by atoms with Gasteiger partial charge in [-0.25, -0.2) is 0 Å². The Morgan fingerprint density at radius 3 is 2.86 bits per heavy atom. The highest BCUT2D eigenvalue weighted by Crippen LogP contribution is 2.14. The van der Waals surface area contributed by atoms with Crippen molar-refractivity contribution in [2.24, 2.45) is 0 Å². The lowest BCUT2D eigenvalue weighted by atomic mass is 10.0. The SMILES string of the molecule is CCCCCCNC(C)C(=O)c1cnc2ccccc2c1. The molecule has 2 rings (SSSR count). The van der Waals surface area contributed by atoms with Crippen LogP contribution in [-0.2, 0) is 0 Å². The molecule has 0 aliphatic heterocycles. The first kappa shape index (κ1) is 15.6. The van der Waals surface area contributed by atoms with Crippen LogP contribution in [0.25, 0.3) is 10.9 Å². The standard InChI is InChI=1S/C18H24N2O/c1-3-4-5-8-11-19-14(2)18(21)16-12-15-9-6-7-10-17(15)20-13-16/h6-7,9-10,12-14,19H,3-5,8,11H2,1-2H3. The van der Waals surface area contributed by atoms with Crippen LogP contribution in [0, 0.1) is 0 Å². The second-order valence-electron chi connectivity index (χ2n) is 5.52. The van der Waals surface area contributed by atoms with E-state index < -0.39 is 0 Å². The predicted octanol–water partition coefficient (Wildman–Crippen LogP) is 3.98. The Kier molecular flexibility index (Phi) is 5.88. The molecule has 0 saturated heterocycles. The number of aromatic nitrogens is 1. The third-order valence-electron chi connectivity index (χ3n) is 3.75. The molecule has 1 aromatic carbocycles. The Morgan fingerprint density at radius 1 is 1.24 bits per heavy atom. The monoisotopic (exact) mass is 284 g/mol. The van der Waals surface area contributed by atoms with Gasteiger partial charge in [-0.15, -0.1) is 0 Å². The number of carbonyl (C=O) groups is 1. The first-order valence-corrected chi connectivity index (χ1v) is 7.84. The van der Waals surface area contributed by atoms with Crippen molar-refractivity contribution in [1.82, 2.24) is 10.3 Å². The zero-order chi connectivity index (χ0) is 15.1. The average molecular weight is 284 g/mol. The van der Waals surface area contributed by atoms with Crippen molar-refractivity contribution in [1.29, 1.82) is 0 Å². The number of unbranched alkanes of at least 4 members (excludes halogenated alkanes) is 3. The Hall–Kier alpha value is -1.74. The van der Waals surface area contributed by atoms with Crippen LogP contribution in [0.15, 0.2) is 36.5 Å². The van der Waals surface area contributed by atoms with Crippen molar-refractivity contribution in [2.75, 3.05) is 6.54 Å². The van der Waals surface area contributed by atoms with E-state index >= 15 is 0 Å². The highest BCUT2D eigenvalue weighted by molar-refractivity contribution is 6.01. The van der Waals surface area contributed by atoms with Crippen molar-refractivity contribution in [3.63, 3.8) is 0 Å². The van der Waals surface area contributed by atoms with Crippen LogP contribution in [0.3, 0.4) is 0 Å². The molecule has 0 aliphatic carbocycles. The van der Waals surface area contributed by atoms with Gasteiger partial charge in [0, 0.05) is 17.1 Å². The lowest BCUT2D eigenvalue weighted by molar-refractivity contribution is 0.0951. The fourth-order valence-electron chi connectivity index (χ4n) is 2.42. The first-order valence-electron chi connectivity index (χ1n) is 7.84. The second-order valence-corrected chi connectivity index (χ2v) is 5.52. The van der Waals surface area contributed by atoms with E-state index in [2.05, 4.69) is 17.2 Å². The molecule has 1 N–H and O–H groups in total. The fraction of sp³-hybridized carbons (Fsp3) is 0.444. The summed E-state index contributed by atoms with van der Waals surface area (Å²) < 4.78 is 0. The predicted molar refractivity (Wildman–Crippen MR) is 87.7 cm³/mol. The molecular weight excluding hydrogens is 260 g/mol. The summed E-state index contributed by atoms with van der Waals surface area (Å²) >= 11 is 0. The van der Waals surface area contributed by atoms with Crippen LogP contribution in [0.4, 0.5) is 0 Å². The quantitative estimate of drug-likeness (QED) is 0.589. The third-order valence-corrected chi connectivity index (χ3v) is 3.75. The van der Waals surface area contributed by atoms with Crippen molar-refractivity contribution in [3.8, 4) is 0 Å². The molecule has 0 saturated carbocycles. The minimum absolute atomic E-state index is 0.115. The van der Waals surface area contributed by atoms with E-state index in [-0.39, 0.29) is 11.8 Å². The van der Waals surface area contributed by atoms with Gasteiger partial charge in [-0.3, -0.25) is 9.78 Å². The zero-order valence-corrected chi connectivity index (χ0v) is 12.9. The summed E-state index contributed by atoms with van der Waals surface area (Å²) in [6.45, 7) is 5.03. The summed E-state index contributed by atoms with van der Waals surface area (Å²) in [6, 6.07) is 9.64. The summed E-state index contributed by atoms with van der Waals surface area (Å²) in [7, 11) is 0. The lowest BCUT2D eigenvalue weighted by Crippen LogP contribution is -2.34. The van der Waals surface area contributed by atoms with Gasteiger partial charge in [0.2, 0.25) is 0 Å². The maximum atomic E-state index is 12.4. The number of carbonyl (C=O) groups excluding carboxylic acids is 1. The van der Waals surface area contributed by atoms with Gasteiger partial charge in [-0.1, -0.05) is 44.4 Å². The van der Waals surface area contributed by atoms with Crippen molar-refractivity contribution < 1.29 is 4.79 Å². The Balaban J connectivity index is 1.94. The highest BCUT2D eigenvalue weighted by Gasteiger charge is 2.15. The Bertz CT molecular complexity index is 595. The van der Waals surface area contributed by atoms with Gasteiger partial charge in [0.25, 0.3) is 0 Å². The summed E-state index contributed by atoms with van der Waals surface area (Å²) in [5, 5.41) is 4.32. The van der Waals surface area contributed by atoms with E-state index in [9.17, 15) is 4.79 Å². The number of Topliss-reactive ketones (excluding diaryl/α,β-unsaturated/α-hetero) is 1.